The van der Waals surface area contributed by atoms with Crippen LogP contribution in [0.4, 0.5) is 0 Å². The number of aromatic nitrogens is 2. The maximum atomic E-state index is 8.83. The molecule has 0 bridgehead atoms. The Morgan fingerprint density at radius 2 is 1.95 bits per heavy atom. The van der Waals surface area contributed by atoms with Crippen LogP contribution >= 0.6 is 0 Å². The lowest BCUT2D eigenvalue weighted by Gasteiger charge is -2.01. The smallest absolute Gasteiger partial charge is 0.0870 e. The first-order valence-electron chi connectivity index (χ1n) is 6.43. The van der Waals surface area contributed by atoms with Crippen LogP contribution in [0.1, 0.15) is 17.0 Å². The molecule has 0 aliphatic carbocycles. The van der Waals surface area contributed by atoms with E-state index in [0.717, 1.165) is 22.5 Å². The second-order valence-corrected chi connectivity index (χ2v) is 4.47. The van der Waals surface area contributed by atoms with Crippen molar-refractivity contribution in [1.82, 2.24) is 9.38 Å². The molecule has 0 aliphatic heterocycles. The molecule has 0 aliphatic rings. The first kappa shape index (κ1) is 12.2. The van der Waals surface area contributed by atoms with E-state index in [2.05, 4.69) is 23.2 Å². The minimum Gasteiger partial charge on any atom is -0.316 e. The molecular weight excluding hydrogens is 246 g/mol. The summed E-state index contributed by atoms with van der Waals surface area (Å²) in [5, 5.41) is 8.83. The molecule has 0 amide bonds. The Morgan fingerprint density at radius 1 is 1.10 bits per heavy atom. The van der Waals surface area contributed by atoms with Crippen molar-refractivity contribution in [3.05, 3.63) is 71.8 Å². The minimum absolute atomic E-state index is 0.403. The molecule has 0 saturated heterocycles. The molecular formula is C17H13N3. The molecule has 0 fully saturated rings. The quantitative estimate of drug-likeness (QED) is 0.721. The highest BCUT2D eigenvalue weighted by Gasteiger charge is 2.04. The maximum absolute atomic E-state index is 8.83. The molecule has 0 unspecified atom stereocenters. The Labute approximate surface area is 117 Å². The van der Waals surface area contributed by atoms with Crippen molar-refractivity contribution >= 4 is 17.7 Å². The zero-order valence-electron chi connectivity index (χ0n) is 10.9. The van der Waals surface area contributed by atoms with Crippen LogP contribution in [-0.2, 0) is 6.42 Å². The van der Waals surface area contributed by atoms with Crippen molar-refractivity contribution in [2.45, 2.75) is 6.42 Å². The van der Waals surface area contributed by atoms with Gasteiger partial charge in [0.1, 0.15) is 0 Å². The van der Waals surface area contributed by atoms with Crippen LogP contribution in [0.15, 0.2) is 54.9 Å². The van der Waals surface area contributed by atoms with E-state index in [1.165, 1.54) is 0 Å². The third-order valence-electron chi connectivity index (χ3n) is 3.19. The monoisotopic (exact) mass is 259 g/mol. The van der Waals surface area contributed by atoms with Gasteiger partial charge in [-0.1, -0.05) is 36.4 Å². The van der Waals surface area contributed by atoms with Crippen molar-refractivity contribution in [1.29, 1.82) is 5.26 Å². The summed E-state index contributed by atoms with van der Waals surface area (Å²) in [6.45, 7) is 0. The molecule has 2 heterocycles. The largest absolute Gasteiger partial charge is 0.316 e. The van der Waals surface area contributed by atoms with E-state index in [9.17, 15) is 0 Å². The number of benzene rings is 1. The lowest BCUT2D eigenvalue weighted by Crippen LogP contribution is -1.94. The molecule has 20 heavy (non-hydrogen) atoms. The van der Waals surface area contributed by atoms with E-state index in [1.807, 2.05) is 53.1 Å². The summed E-state index contributed by atoms with van der Waals surface area (Å²) in [6, 6.07) is 16.3. The summed E-state index contributed by atoms with van der Waals surface area (Å²) < 4.78 is 2.01. The van der Waals surface area contributed by atoms with Gasteiger partial charge in [-0.05, 0) is 23.8 Å². The Morgan fingerprint density at radius 3 is 2.75 bits per heavy atom. The lowest BCUT2D eigenvalue weighted by molar-refractivity contribution is 1.03. The minimum atomic E-state index is 0.403. The zero-order valence-corrected chi connectivity index (χ0v) is 10.9. The van der Waals surface area contributed by atoms with E-state index in [0.29, 0.717) is 6.42 Å². The van der Waals surface area contributed by atoms with Crippen molar-refractivity contribution in [3.63, 3.8) is 0 Å². The van der Waals surface area contributed by atoms with Crippen LogP contribution in [-0.4, -0.2) is 9.38 Å². The van der Waals surface area contributed by atoms with Crippen molar-refractivity contribution < 1.29 is 0 Å². The summed E-state index contributed by atoms with van der Waals surface area (Å²) in [7, 11) is 0. The molecule has 1 aromatic carbocycles. The van der Waals surface area contributed by atoms with E-state index < -0.39 is 0 Å². The van der Waals surface area contributed by atoms with E-state index >= 15 is 0 Å². The second kappa shape index (κ2) is 5.41. The van der Waals surface area contributed by atoms with Gasteiger partial charge < -0.3 is 4.40 Å². The van der Waals surface area contributed by atoms with Crippen LogP contribution in [0.5, 0.6) is 0 Å². The number of nitrogens with zero attached hydrogens (tertiary/aromatic N) is 3. The Bertz CT molecular complexity index is 792. The highest BCUT2D eigenvalue weighted by molar-refractivity contribution is 5.76. The fraction of sp³-hybridized carbons (Fsp3) is 0.0588. The SMILES string of the molecule is N#CCc1ccc2c(C=Cc3ccccc3)nccn12. The normalized spacial score (nSPS) is 10.9. The lowest BCUT2D eigenvalue weighted by atomic mass is 10.2. The number of hydrogen-bond donors (Lipinski definition) is 0. The average Bonchev–Trinajstić information content (AvgIpc) is 2.91. The first-order valence-corrected chi connectivity index (χ1v) is 6.43. The molecule has 0 atom stereocenters. The molecule has 3 rings (SSSR count). The van der Waals surface area contributed by atoms with Gasteiger partial charge in [-0.15, -0.1) is 0 Å². The number of nitriles is 1. The molecule has 0 spiro atoms. The molecule has 2 aromatic heterocycles. The number of rotatable bonds is 3. The predicted octanol–water partition coefficient (Wildman–Crippen LogP) is 3.57. The standard InChI is InChI=1S/C17H13N3/c18-11-10-15-7-9-17-16(19-12-13-20(15)17)8-6-14-4-2-1-3-5-14/h1-9,12-13H,10H2. The second-order valence-electron chi connectivity index (χ2n) is 4.47. The third kappa shape index (κ3) is 2.32. The van der Waals surface area contributed by atoms with E-state index in [1.54, 1.807) is 6.20 Å². The Kier molecular flexibility index (Phi) is 3.30. The molecule has 3 nitrogen and oxygen atoms in total. The molecule has 0 N–H and O–H groups in total. The summed E-state index contributed by atoms with van der Waals surface area (Å²) in [5.74, 6) is 0. The Balaban J connectivity index is 2.00. The van der Waals surface area contributed by atoms with Crippen molar-refractivity contribution in [2.24, 2.45) is 0 Å². The van der Waals surface area contributed by atoms with Gasteiger partial charge in [0.15, 0.2) is 0 Å². The zero-order chi connectivity index (χ0) is 13.8. The van der Waals surface area contributed by atoms with Gasteiger partial charge in [0.05, 0.1) is 23.7 Å². The van der Waals surface area contributed by atoms with Gasteiger partial charge in [0, 0.05) is 18.1 Å². The van der Waals surface area contributed by atoms with Gasteiger partial charge in [-0.3, -0.25) is 4.98 Å². The van der Waals surface area contributed by atoms with Gasteiger partial charge in [0.2, 0.25) is 0 Å². The van der Waals surface area contributed by atoms with Crippen LogP contribution in [0.25, 0.3) is 17.7 Å². The van der Waals surface area contributed by atoms with E-state index in [4.69, 9.17) is 5.26 Å². The van der Waals surface area contributed by atoms with Crippen LogP contribution in [0.3, 0.4) is 0 Å². The van der Waals surface area contributed by atoms with E-state index in [-0.39, 0.29) is 0 Å². The van der Waals surface area contributed by atoms with Gasteiger partial charge in [-0.25, -0.2) is 0 Å². The van der Waals surface area contributed by atoms with Crippen LogP contribution < -0.4 is 0 Å². The molecule has 3 aromatic rings. The van der Waals surface area contributed by atoms with Gasteiger partial charge in [0.25, 0.3) is 0 Å². The summed E-state index contributed by atoms with van der Waals surface area (Å²) in [4.78, 5) is 4.40. The topological polar surface area (TPSA) is 41.1 Å². The summed E-state index contributed by atoms with van der Waals surface area (Å²) in [5.41, 5.74) is 4.05. The predicted molar refractivity (Wildman–Crippen MR) is 79.9 cm³/mol. The molecule has 0 radical (unpaired) electrons. The number of fused-ring (bicyclic) bond motifs is 1. The van der Waals surface area contributed by atoms with Gasteiger partial charge >= 0.3 is 0 Å². The highest BCUT2D eigenvalue weighted by atomic mass is 14.9. The first-order chi connectivity index (χ1) is 9.88. The third-order valence-corrected chi connectivity index (χ3v) is 3.19. The van der Waals surface area contributed by atoms with Crippen molar-refractivity contribution in [2.75, 3.05) is 0 Å². The van der Waals surface area contributed by atoms with Crippen LogP contribution in [0.2, 0.25) is 0 Å². The molecule has 3 heteroatoms. The van der Waals surface area contributed by atoms with Crippen molar-refractivity contribution in [3.8, 4) is 6.07 Å². The highest BCUT2D eigenvalue weighted by Crippen LogP contribution is 2.16. The number of hydrogen-bond acceptors (Lipinski definition) is 2. The fourth-order valence-corrected chi connectivity index (χ4v) is 2.21. The molecule has 96 valence electrons. The average molecular weight is 259 g/mol. The van der Waals surface area contributed by atoms with Crippen LogP contribution in [0, 0.1) is 11.3 Å². The fourth-order valence-electron chi connectivity index (χ4n) is 2.21. The maximum Gasteiger partial charge on any atom is 0.0870 e. The Hall–Kier alpha value is -2.86. The summed E-state index contributed by atoms with van der Waals surface area (Å²) in [6.07, 6.45) is 8.10. The van der Waals surface area contributed by atoms with Gasteiger partial charge in [-0.2, -0.15) is 5.26 Å². The molecule has 0 saturated carbocycles. The summed E-state index contributed by atoms with van der Waals surface area (Å²) >= 11 is 0.